The SMILES string of the molecule is O=C(CCCOc1ccccc1Cl)NC1CCN(C(=O)c2ccccc2)CC1. The van der Waals surface area contributed by atoms with Crippen molar-refractivity contribution in [2.24, 2.45) is 0 Å². The quantitative estimate of drug-likeness (QED) is 0.716. The maximum atomic E-state index is 12.5. The number of carbonyl (C=O) groups excluding carboxylic acids is 2. The van der Waals surface area contributed by atoms with Gasteiger partial charge in [-0.2, -0.15) is 0 Å². The summed E-state index contributed by atoms with van der Waals surface area (Å²) in [7, 11) is 0. The molecule has 0 spiro atoms. The summed E-state index contributed by atoms with van der Waals surface area (Å²) in [6.07, 6.45) is 2.59. The van der Waals surface area contributed by atoms with Crippen molar-refractivity contribution in [2.45, 2.75) is 31.7 Å². The van der Waals surface area contributed by atoms with E-state index in [1.807, 2.05) is 53.4 Å². The van der Waals surface area contributed by atoms with Crippen molar-refractivity contribution in [2.75, 3.05) is 19.7 Å². The van der Waals surface area contributed by atoms with Crippen molar-refractivity contribution in [3.63, 3.8) is 0 Å². The Morgan fingerprint density at radius 1 is 1.04 bits per heavy atom. The van der Waals surface area contributed by atoms with E-state index in [0.29, 0.717) is 48.9 Å². The molecular formula is C22H25ClN2O3. The van der Waals surface area contributed by atoms with Gasteiger partial charge in [0.05, 0.1) is 11.6 Å². The summed E-state index contributed by atoms with van der Waals surface area (Å²) in [6.45, 7) is 1.77. The number of piperidine rings is 1. The van der Waals surface area contributed by atoms with E-state index in [9.17, 15) is 9.59 Å². The summed E-state index contributed by atoms with van der Waals surface area (Å²) in [4.78, 5) is 26.5. The smallest absolute Gasteiger partial charge is 0.253 e. The zero-order chi connectivity index (χ0) is 19.8. The number of ether oxygens (including phenoxy) is 1. The summed E-state index contributed by atoms with van der Waals surface area (Å²) in [6, 6.07) is 16.7. The molecule has 0 atom stereocenters. The summed E-state index contributed by atoms with van der Waals surface area (Å²) in [5, 5.41) is 3.64. The Hall–Kier alpha value is -2.53. The van der Waals surface area contributed by atoms with Crippen LogP contribution in [0, 0.1) is 0 Å². The third kappa shape index (κ3) is 5.73. The number of nitrogens with zero attached hydrogens (tertiary/aromatic N) is 1. The van der Waals surface area contributed by atoms with Gasteiger partial charge in [-0.05, 0) is 43.5 Å². The lowest BCUT2D eigenvalue weighted by molar-refractivity contribution is -0.122. The number of para-hydroxylation sites is 1. The van der Waals surface area contributed by atoms with Crippen molar-refractivity contribution in [3.8, 4) is 5.75 Å². The average Bonchev–Trinajstić information content (AvgIpc) is 2.73. The number of rotatable bonds is 7. The normalized spacial score (nSPS) is 14.5. The van der Waals surface area contributed by atoms with Gasteiger partial charge in [0, 0.05) is 31.1 Å². The summed E-state index contributed by atoms with van der Waals surface area (Å²) < 4.78 is 5.60. The number of carbonyl (C=O) groups is 2. The van der Waals surface area contributed by atoms with Gasteiger partial charge in [0.25, 0.3) is 5.91 Å². The van der Waals surface area contributed by atoms with Crippen LogP contribution in [0.25, 0.3) is 0 Å². The molecule has 28 heavy (non-hydrogen) atoms. The number of hydrogen-bond donors (Lipinski definition) is 1. The lowest BCUT2D eigenvalue weighted by Crippen LogP contribution is -2.46. The average molecular weight is 401 g/mol. The minimum absolute atomic E-state index is 0.0237. The van der Waals surface area contributed by atoms with E-state index in [2.05, 4.69) is 5.32 Å². The lowest BCUT2D eigenvalue weighted by Gasteiger charge is -2.32. The van der Waals surface area contributed by atoms with E-state index in [1.54, 1.807) is 6.07 Å². The first kappa shape index (κ1) is 20.2. The predicted molar refractivity (Wildman–Crippen MR) is 110 cm³/mol. The van der Waals surface area contributed by atoms with Crippen molar-refractivity contribution in [3.05, 3.63) is 65.2 Å². The number of likely N-dealkylation sites (tertiary alicyclic amines) is 1. The van der Waals surface area contributed by atoms with Gasteiger partial charge < -0.3 is 15.0 Å². The highest BCUT2D eigenvalue weighted by atomic mass is 35.5. The molecule has 1 aliphatic rings. The van der Waals surface area contributed by atoms with E-state index in [1.165, 1.54) is 0 Å². The number of benzene rings is 2. The molecule has 5 nitrogen and oxygen atoms in total. The molecule has 0 unspecified atom stereocenters. The summed E-state index contributed by atoms with van der Waals surface area (Å²) in [5.74, 6) is 0.720. The minimum atomic E-state index is 0.0237. The Balaban J connectivity index is 1.34. The molecule has 6 heteroatoms. The van der Waals surface area contributed by atoms with Gasteiger partial charge in [-0.15, -0.1) is 0 Å². The highest BCUT2D eigenvalue weighted by molar-refractivity contribution is 6.32. The van der Waals surface area contributed by atoms with E-state index in [4.69, 9.17) is 16.3 Å². The van der Waals surface area contributed by atoms with Crippen LogP contribution in [0.5, 0.6) is 5.75 Å². The largest absolute Gasteiger partial charge is 0.492 e. The fraction of sp³-hybridized carbons (Fsp3) is 0.364. The Kier molecular flexibility index (Phi) is 7.31. The van der Waals surface area contributed by atoms with Crippen molar-refractivity contribution >= 4 is 23.4 Å². The van der Waals surface area contributed by atoms with Crippen molar-refractivity contribution in [1.82, 2.24) is 10.2 Å². The lowest BCUT2D eigenvalue weighted by atomic mass is 10.0. The van der Waals surface area contributed by atoms with E-state index >= 15 is 0 Å². The fourth-order valence-corrected chi connectivity index (χ4v) is 3.46. The third-order valence-corrected chi connectivity index (χ3v) is 5.12. The predicted octanol–water partition coefficient (Wildman–Crippen LogP) is 3.92. The van der Waals surface area contributed by atoms with Gasteiger partial charge in [0.1, 0.15) is 5.75 Å². The Morgan fingerprint density at radius 3 is 2.43 bits per heavy atom. The summed E-state index contributed by atoms with van der Waals surface area (Å²) in [5.41, 5.74) is 0.712. The van der Waals surface area contributed by atoms with Gasteiger partial charge in [-0.3, -0.25) is 9.59 Å². The second kappa shape index (κ2) is 10.1. The molecule has 2 aromatic carbocycles. The van der Waals surface area contributed by atoms with Crippen LogP contribution in [-0.2, 0) is 4.79 Å². The molecule has 1 fully saturated rings. The molecule has 2 amide bonds. The van der Waals surface area contributed by atoms with Crippen LogP contribution in [0.4, 0.5) is 0 Å². The Morgan fingerprint density at radius 2 is 1.71 bits per heavy atom. The van der Waals surface area contributed by atoms with Crippen LogP contribution in [0.1, 0.15) is 36.0 Å². The van der Waals surface area contributed by atoms with E-state index in [0.717, 1.165) is 12.8 Å². The highest BCUT2D eigenvalue weighted by Crippen LogP contribution is 2.23. The molecule has 1 aliphatic heterocycles. The first-order chi connectivity index (χ1) is 13.6. The molecule has 0 aliphatic carbocycles. The minimum Gasteiger partial charge on any atom is -0.492 e. The second-order valence-corrected chi connectivity index (χ2v) is 7.29. The molecular weight excluding hydrogens is 376 g/mol. The van der Waals surface area contributed by atoms with Gasteiger partial charge in [-0.1, -0.05) is 41.9 Å². The Labute approximate surface area is 170 Å². The van der Waals surface area contributed by atoms with Gasteiger partial charge in [0.2, 0.25) is 5.91 Å². The van der Waals surface area contributed by atoms with Crippen molar-refractivity contribution < 1.29 is 14.3 Å². The number of hydrogen-bond acceptors (Lipinski definition) is 3. The van der Waals surface area contributed by atoms with Gasteiger partial charge in [0.15, 0.2) is 0 Å². The second-order valence-electron chi connectivity index (χ2n) is 6.88. The highest BCUT2D eigenvalue weighted by Gasteiger charge is 2.24. The number of halogens is 1. The van der Waals surface area contributed by atoms with Crippen LogP contribution >= 0.6 is 11.6 Å². The number of nitrogens with one attached hydrogen (secondary N) is 1. The molecule has 0 saturated carbocycles. The monoisotopic (exact) mass is 400 g/mol. The molecule has 0 aromatic heterocycles. The summed E-state index contributed by atoms with van der Waals surface area (Å²) >= 11 is 6.04. The topological polar surface area (TPSA) is 58.6 Å². The first-order valence-electron chi connectivity index (χ1n) is 9.64. The van der Waals surface area contributed by atoms with Crippen LogP contribution in [0.15, 0.2) is 54.6 Å². The molecule has 148 valence electrons. The zero-order valence-electron chi connectivity index (χ0n) is 15.8. The molecule has 1 saturated heterocycles. The maximum Gasteiger partial charge on any atom is 0.253 e. The molecule has 1 N–H and O–H groups in total. The zero-order valence-corrected chi connectivity index (χ0v) is 16.5. The van der Waals surface area contributed by atoms with Crippen molar-refractivity contribution in [1.29, 1.82) is 0 Å². The third-order valence-electron chi connectivity index (χ3n) is 4.81. The van der Waals surface area contributed by atoms with Crippen LogP contribution in [0.2, 0.25) is 5.02 Å². The first-order valence-corrected chi connectivity index (χ1v) is 10.0. The van der Waals surface area contributed by atoms with Crippen LogP contribution in [-0.4, -0.2) is 42.5 Å². The van der Waals surface area contributed by atoms with E-state index in [-0.39, 0.29) is 17.9 Å². The molecule has 0 radical (unpaired) electrons. The molecule has 1 heterocycles. The molecule has 3 rings (SSSR count). The fourth-order valence-electron chi connectivity index (χ4n) is 3.27. The molecule has 0 bridgehead atoms. The number of amides is 2. The van der Waals surface area contributed by atoms with Gasteiger partial charge in [-0.25, -0.2) is 0 Å². The maximum absolute atomic E-state index is 12.5. The Bertz CT molecular complexity index is 789. The van der Waals surface area contributed by atoms with Crippen LogP contribution in [0.3, 0.4) is 0 Å². The van der Waals surface area contributed by atoms with Gasteiger partial charge >= 0.3 is 0 Å². The standard InChI is InChI=1S/C22H25ClN2O3/c23-19-9-4-5-10-20(19)28-16-6-11-21(26)24-18-12-14-25(15-13-18)22(27)17-7-2-1-3-8-17/h1-5,7-10,18H,6,11-16H2,(H,24,26). The van der Waals surface area contributed by atoms with Crippen LogP contribution < -0.4 is 10.1 Å². The van der Waals surface area contributed by atoms with E-state index < -0.39 is 0 Å². The molecule has 2 aromatic rings.